The molecule has 1 aromatic rings. The molecule has 0 amide bonds. The molecule has 0 radical (unpaired) electrons. The van der Waals surface area contributed by atoms with E-state index in [9.17, 15) is 0 Å². The Morgan fingerprint density at radius 1 is 1.07 bits per heavy atom. The van der Waals surface area contributed by atoms with Crippen LogP contribution in [0.25, 0.3) is 0 Å². The van der Waals surface area contributed by atoms with E-state index in [4.69, 9.17) is 28.9 Å². The Labute approximate surface area is 109 Å². The van der Waals surface area contributed by atoms with E-state index in [0.29, 0.717) is 18.3 Å². The van der Waals surface area contributed by atoms with E-state index in [-0.39, 0.29) is 0 Å². The maximum atomic E-state index is 5.78. The smallest absolute Gasteiger partial charge is 0.0264 e. The summed E-state index contributed by atoms with van der Waals surface area (Å²) in [4.78, 5) is 0. The minimum absolute atomic E-state index is 0.548. The van der Waals surface area contributed by atoms with Crippen LogP contribution >= 0.6 is 39.1 Å². The normalized spacial score (nSPS) is 10.7. The van der Waals surface area contributed by atoms with Crippen molar-refractivity contribution in [3.63, 3.8) is 0 Å². The van der Waals surface area contributed by atoms with Gasteiger partial charge in [0.15, 0.2) is 0 Å². The molecule has 0 aliphatic rings. The summed E-state index contributed by atoms with van der Waals surface area (Å²) >= 11 is 15.1. The van der Waals surface area contributed by atoms with Crippen molar-refractivity contribution in [3.05, 3.63) is 33.3 Å². The predicted octanol–water partition coefficient (Wildman–Crippen LogP) is 3.47. The minimum Gasteiger partial charge on any atom is -0.326 e. The van der Waals surface area contributed by atoms with Crippen LogP contribution in [0, 0.1) is 0 Å². The van der Waals surface area contributed by atoms with Gasteiger partial charge in [0.1, 0.15) is 0 Å². The Bertz CT molecular complexity index is 329. The second-order valence-corrected chi connectivity index (χ2v) is 4.81. The molecule has 0 bridgehead atoms. The zero-order valence-corrected chi connectivity index (χ0v) is 11.5. The third-order valence-corrected chi connectivity index (χ3v) is 3.71. The van der Waals surface area contributed by atoms with Gasteiger partial charge in [0, 0.05) is 22.8 Å². The summed E-state index contributed by atoms with van der Waals surface area (Å²) < 4.78 is 1.12. The molecule has 1 aromatic carbocycles. The number of nitrogens with two attached hydrogens (primary N) is 1. The van der Waals surface area contributed by atoms with Crippen molar-refractivity contribution in [1.29, 1.82) is 0 Å². The molecular weight excluding hydrogens is 297 g/mol. The molecule has 0 fully saturated rings. The topological polar surface area (TPSA) is 26.0 Å². The van der Waals surface area contributed by atoms with Crippen LogP contribution in [0.3, 0.4) is 0 Å². The number of rotatable bonds is 5. The summed E-state index contributed by atoms with van der Waals surface area (Å²) in [6.45, 7) is 0.548. The standard InChI is InChI=1S/C11H14BrCl2N/c12-11-8(3-5-13)1-2-9(7-15)10(11)4-6-14/h1-2H,3-7,15H2. The lowest BCUT2D eigenvalue weighted by Crippen LogP contribution is -2.05. The lowest BCUT2D eigenvalue weighted by Gasteiger charge is -2.12. The van der Waals surface area contributed by atoms with Crippen LogP contribution in [0.1, 0.15) is 16.7 Å². The molecule has 1 rings (SSSR count). The van der Waals surface area contributed by atoms with Gasteiger partial charge in [0.2, 0.25) is 0 Å². The monoisotopic (exact) mass is 309 g/mol. The second-order valence-electron chi connectivity index (χ2n) is 3.26. The van der Waals surface area contributed by atoms with Crippen molar-refractivity contribution in [3.8, 4) is 0 Å². The van der Waals surface area contributed by atoms with Crippen molar-refractivity contribution >= 4 is 39.1 Å². The average Bonchev–Trinajstić information content (AvgIpc) is 2.25. The predicted molar refractivity (Wildman–Crippen MR) is 70.9 cm³/mol. The van der Waals surface area contributed by atoms with Crippen LogP contribution < -0.4 is 5.73 Å². The molecule has 0 heterocycles. The molecule has 84 valence electrons. The van der Waals surface area contributed by atoms with Crippen molar-refractivity contribution in [2.75, 3.05) is 11.8 Å². The highest BCUT2D eigenvalue weighted by atomic mass is 79.9. The van der Waals surface area contributed by atoms with Crippen molar-refractivity contribution in [1.82, 2.24) is 0 Å². The van der Waals surface area contributed by atoms with E-state index in [1.165, 1.54) is 11.1 Å². The number of aryl methyl sites for hydroxylation is 1. The van der Waals surface area contributed by atoms with Crippen LogP contribution in [0.5, 0.6) is 0 Å². The first-order valence-corrected chi connectivity index (χ1v) is 6.72. The summed E-state index contributed by atoms with van der Waals surface area (Å²) in [6.07, 6.45) is 1.70. The Morgan fingerprint density at radius 2 is 1.67 bits per heavy atom. The molecule has 0 saturated carbocycles. The van der Waals surface area contributed by atoms with Crippen LogP contribution in [-0.2, 0) is 19.4 Å². The van der Waals surface area contributed by atoms with Gasteiger partial charge < -0.3 is 5.73 Å². The molecule has 1 nitrogen and oxygen atoms in total. The SMILES string of the molecule is NCc1ccc(CCCl)c(Br)c1CCCl. The van der Waals surface area contributed by atoms with Crippen LogP contribution in [0.4, 0.5) is 0 Å². The van der Waals surface area contributed by atoms with E-state index in [1.54, 1.807) is 0 Å². The van der Waals surface area contributed by atoms with Crippen LogP contribution in [0.15, 0.2) is 16.6 Å². The number of hydrogen-bond donors (Lipinski definition) is 1. The fourth-order valence-corrected chi connectivity index (χ4v) is 2.74. The van der Waals surface area contributed by atoms with E-state index in [1.807, 2.05) is 0 Å². The maximum absolute atomic E-state index is 5.78. The molecular formula is C11H14BrCl2N. The first-order valence-electron chi connectivity index (χ1n) is 4.85. The van der Waals surface area contributed by atoms with E-state index in [2.05, 4.69) is 28.1 Å². The number of alkyl halides is 2. The highest BCUT2D eigenvalue weighted by molar-refractivity contribution is 9.10. The molecule has 0 atom stereocenters. The Balaban J connectivity index is 3.10. The molecule has 0 aliphatic heterocycles. The van der Waals surface area contributed by atoms with Crippen LogP contribution in [-0.4, -0.2) is 11.8 Å². The van der Waals surface area contributed by atoms with E-state index >= 15 is 0 Å². The van der Waals surface area contributed by atoms with Gasteiger partial charge in [0.25, 0.3) is 0 Å². The average molecular weight is 311 g/mol. The Kier molecular flexibility index (Phi) is 5.98. The zero-order valence-electron chi connectivity index (χ0n) is 8.40. The molecule has 0 unspecified atom stereocenters. The summed E-state index contributed by atoms with van der Waals surface area (Å²) in [5.41, 5.74) is 9.28. The van der Waals surface area contributed by atoms with Gasteiger partial charge in [-0.3, -0.25) is 0 Å². The lowest BCUT2D eigenvalue weighted by molar-refractivity contribution is 0.982. The molecule has 15 heavy (non-hydrogen) atoms. The van der Waals surface area contributed by atoms with Crippen molar-refractivity contribution in [2.24, 2.45) is 5.73 Å². The summed E-state index contributed by atoms with van der Waals surface area (Å²) in [5.74, 6) is 1.23. The van der Waals surface area contributed by atoms with Gasteiger partial charge in [-0.05, 0) is 29.5 Å². The molecule has 2 N–H and O–H groups in total. The van der Waals surface area contributed by atoms with Gasteiger partial charge in [-0.25, -0.2) is 0 Å². The number of benzene rings is 1. The van der Waals surface area contributed by atoms with Crippen molar-refractivity contribution < 1.29 is 0 Å². The third kappa shape index (κ3) is 3.35. The third-order valence-electron chi connectivity index (χ3n) is 2.35. The maximum Gasteiger partial charge on any atom is 0.0264 e. The highest BCUT2D eigenvalue weighted by Crippen LogP contribution is 2.26. The summed E-state index contributed by atoms with van der Waals surface area (Å²) in [5, 5.41) is 0. The molecule has 0 aliphatic carbocycles. The summed E-state index contributed by atoms with van der Waals surface area (Å²) in [6, 6.07) is 4.14. The summed E-state index contributed by atoms with van der Waals surface area (Å²) in [7, 11) is 0. The molecule has 0 aromatic heterocycles. The fraction of sp³-hybridized carbons (Fsp3) is 0.455. The highest BCUT2D eigenvalue weighted by Gasteiger charge is 2.09. The lowest BCUT2D eigenvalue weighted by atomic mass is 10.0. The molecule has 0 spiro atoms. The van der Waals surface area contributed by atoms with E-state index in [0.717, 1.165) is 22.9 Å². The Morgan fingerprint density at radius 3 is 2.20 bits per heavy atom. The largest absolute Gasteiger partial charge is 0.326 e. The molecule has 0 saturated heterocycles. The Hall–Kier alpha value is 0.240. The second kappa shape index (κ2) is 6.74. The van der Waals surface area contributed by atoms with Gasteiger partial charge in [0.05, 0.1) is 0 Å². The number of halogens is 3. The quantitative estimate of drug-likeness (QED) is 0.828. The molecule has 4 heteroatoms. The van der Waals surface area contributed by atoms with Gasteiger partial charge in [-0.15, -0.1) is 23.2 Å². The fourth-order valence-electron chi connectivity index (χ4n) is 1.56. The van der Waals surface area contributed by atoms with Gasteiger partial charge >= 0.3 is 0 Å². The van der Waals surface area contributed by atoms with Gasteiger partial charge in [-0.2, -0.15) is 0 Å². The van der Waals surface area contributed by atoms with E-state index < -0.39 is 0 Å². The van der Waals surface area contributed by atoms with Gasteiger partial charge in [-0.1, -0.05) is 28.1 Å². The first-order chi connectivity index (χ1) is 7.24. The van der Waals surface area contributed by atoms with Crippen LogP contribution in [0.2, 0.25) is 0 Å². The first kappa shape index (κ1) is 13.3. The minimum atomic E-state index is 0.548. The number of hydrogen-bond acceptors (Lipinski definition) is 1. The van der Waals surface area contributed by atoms with Crippen molar-refractivity contribution in [2.45, 2.75) is 19.4 Å². The zero-order chi connectivity index (χ0) is 11.3.